The van der Waals surface area contributed by atoms with Crippen LogP contribution in [0.1, 0.15) is 23.6 Å². The molecule has 1 unspecified atom stereocenters. The van der Waals surface area contributed by atoms with Crippen molar-refractivity contribution in [2.75, 3.05) is 13.7 Å². The van der Waals surface area contributed by atoms with Gasteiger partial charge in [-0.1, -0.05) is 6.92 Å². The van der Waals surface area contributed by atoms with Crippen LogP contribution in [0.4, 0.5) is 0 Å². The molecule has 1 aromatic heterocycles. The predicted molar refractivity (Wildman–Crippen MR) is 61.9 cm³/mol. The number of rotatable bonds is 5. The lowest BCUT2D eigenvalue weighted by Crippen LogP contribution is -2.42. The summed E-state index contributed by atoms with van der Waals surface area (Å²) in [6.07, 6.45) is 2.00. The van der Waals surface area contributed by atoms with Gasteiger partial charge in [0.25, 0.3) is 0 Å². The molecular weight excluding hydrogens is 194 g/mol. The lowest BCUT2D eigenvalue weighted by Gasteiger charge is -2.22. The summed E-state index contributed by atoms with van der Waals surface area (Å²) in [5.74, 6) is 0. The molecule has 0 spiro atoms. The van der Waals surface area contributed by atoms with Crippen LogP contribution in [-0.4, -0.2) is 19.3 Å². The molecule has 1 rings (SSSR count). The number of methoxy groups -OCH3 is 1. The van der Waals surface area contributed by atoms with E-state index in [-0.39, 0.29) is 5.54 Å². The molecular formula is C11H19NOS. The highest BCUT2D eigenvalue weighted by Gasteiger charge is 2.19. The summed E-state index contributed by atoms with van der Waals surface area (Å²) in [5, 5.41) is 0. The minimum absolute atomic E-state index is 0.245. The van der Waals surface area contributed by atoms with Crippen LogP contribution in [0.5, 0.6) is 0 Å². The third-order valence-corrected chi connectivity index (χ3v) is 3.35. The second-order valence-electron chi connectivity index (χ2n) is 3.99. The molecule has 0 saturated carbocycles. The number of hydrogen-bond donors (Lipinski definition) is 1. The van der Waals surface area contributed by atoms with Crippen LogP contribution in [0.3, 0.4) is 0 Å². The van der Waals surface area contributed by atoms with E-state index in [0.717, 1.165) is 12.8 Å². The van der Waals surface area contributed by atoms with Crippen LogP contribution < -0.4 is 5.73 Å². The zero-order valence-corrected chi connectivity index (χ0v) is 9.99. The van der Waals surface area contributed by atoms with Crippen molar-refractivity contribution in [3.63, 3.8) is 0 Å². The molecule has 80 valence electrons. The van der Waals surface area contributed by atoms with Crippen molar-refractivity contribution < 1.29 is 4.74 Å². The molecule has 0 aromatic carbocycles. The fourth-order valence-corrected chi connectivity index (χ4v) is 2.64. The van der Waals surface area contributed by atoms with Gasteiger partial charge in [-0.3, -0.25) is 0 Å². The van der Waals surface area contributed by atoms with Crippen molar-refractivity contribution in [2.24, 2.45) is 5.73 Å². The van der Waals surface area contributed by atoms with E-state index in [0.29, 0.717) is 6.61 Å². The highest BCUT2D eigenvalue weighted by Crippen LogP contribution is 2.21. The first kappa shape index (κ1) is 11.7. The van der Waals surface area contributed by atoms with E-state index in [1.54, 1.807) is 7.11 Å². The Morgan fingerprint density at radius 3 is 2.57 bits per heavy atom. The molecule has 0 bridgehead atoms. The van der Waals surface area contributed by atoms with Gasteiger partial charge in [0.15, 0.2) is 0 Å². The number of thiophene rings is 1. The maximum atomic E-state index is 6.09. The molecule has 0 amide bonds. The van der Waals surface area contributed by atoms with Gasteiger partial charge in [0.1, 0.15) is 0 Å². The van der Waals surface area contributed by atoms with E-state index in [2.05, 4.69) is 19.1 Å². The van der Waals surface area contributed by atoms with E-state index >= 15 is 0 Å². The number of ether oxygens (including phenoxy) is 1. The van der Waals surface area contributed by atoms with Gasteiger partial charge in [0.2, 0.25) is 0 Å². The second kappa shape index (κ2) is 4.91. The summed E-state index contributed by atoms with van der Waals surface area (Å²) in [6.45, 7) is 4.81. The van der Waals surface area contributed by atoms with Gasteiger partial charge in [-0.05, 0) is 25.5 Å². The topological polar surface area (TPSA) is 35.2 Å². The molecule has 14 heavy (non-hydrogen) atoms. The Balaban J connectivity index is 2.58. The van der Waals surface area contributed by atoms with Crippen LogP contribution in [-0.2, 0) is 17.6 Å². The monoisotopic (exact) mass is 213 g/mol. The first-order valence-corrected chi connectivity index (χ1v) is 5.74. The lowest BCUT2D eigenvalue weighted by atomic mass is 10.00. The van der Waals surface area contributed by atoms with Crippen molar-refractivity contribution in [3.05, 3.63) is 21.9 Å². The van der Waals surface area contributed by atoms with Crippen LogP contribution in [0.15, 0.2) is 12.1 Å². The second-order valence-corrected chi connectivity index (χ2v) is 5.24. The van der Waals surface area contributed by atoms with E-state index in [9.17, 15) is 0 Å². The normalized spacial score (nSPS) is 15.4. The Kier molecular flexibility index (Phi) is 4.11. The van der Waals surface area contributed by atoms with E-state index in [4.69, 9.17) is 10.5 Å². The molecule has 1 heterocycles. The Hall–Kier alpha value is -0.380. The maximum absolute atomic E-state index is 6.09. The number of hydrogen-bond acceptors (Lipinski definition) is 3. The van der Waals surface area contributed by atoms with Gasteiger partial charge in [-0.2, -0.15) is 0 Å². The Labute approximate surface area is 90.1 Å². The minimum atomic E-state index is -0.245. The predicted octanol–water partition coefficient (Wildman–Crippen LogP) is 2.22. The number of aryl methyl sites for hydroxylation is 1. The molecule has 2 nitrogen and oxygen atoms in total. The molecule has 0 saturated heterocycles. The van der Waals surface area contributed by atoms with Crippen molar-refractivity contribution in [1.29, 1.82) is 0 Å². The van der Waals surface area contributed by atoms with Crippen molar-refractivity contribution in [3.8, 4) is 0 Å². The first-order chi connectivity index (χ1) is 6.57. The summed E-state index contributed by atoms with van der Waals surface area (Å²) in [5.41, 5.74) is 5.85. The van der Waals surface area contributed by atoms with Crippen LogP contribution in [0.2, 0.25) is 0 Å². The summed E-state index contributed by atoms with van der Waals surface area (Å²) in [6, 6.07) is 4.35. The first-order valence-electron chi connectivity index (χ1n) is 4.93. The zero-order valence-electron chi connectivity index (χ0n) is 9.17. The van der Waals surface area contributed by atoms with Crippen LogP contribution in [0, 0.1) is 0 Å². The van der Waals surface area contributed by atoms with Crippen LogP contribution in [0.25, 0.3) is 0 Å². The molecule has 3 heteroatoms. The van der Waals surface area contributed by atoms with Gasteiger partial charge in [-0.15, -0.1) is 11.3 Å². The fraction of sp³-hybridized carbons (Fsp3) is 0.636. The summed E-state index contributed by atoms with van der Waals surface area (Å²) < 4.78 is 5.09. The average Bonchev–Trinajstić information content (AvgIpc) is 2.51. The molecule has 0 aliphatic carbocycles. The smallest absolute Gasteiger partial charge is 0.0643 e. The fourth-order valence-electron chi connectivity index (χ4n) is 1.49. The molecule has 0 aliphatic rings. The Morgan fingerprint density at radius 2 is 2.07 bits per heavy atom. The van der Waals surface area contributed by atoms with E-state index in [1.165, 1.54) is 9.75 Å². The van der Waals surface area contributed by atoms with Crippen LogP contribution >= 0.6 is 11.3 Å². The van der Waals surface area contributed by atoms with Gasteiger partial charge >= 0.3 is 0 Å². The third-order valence-electron chi connectivity index (χ3n) is 2.12. The largest absolute Gasteiger partial charge is 0.383 e. The Morgan fingerprint density at radius 1 is 1.43 bits per heavy atom. The molecule has 0 radical (unpaired) electrons. The quantitative estimate of drug-likeness (QED) is 0.814. The minimum Gasteiger partial charge on any atom is -0.383 e. The lowest BCUT2D eigenvalue weighted by molar-refractivity contribution is 0.141. The zero-order chi connectivity index (χ0) is 10.6. The van der Waals surface area contributed by atoms with E-state index < -0.39 is 0 Å². The summed E-state index contributed by atoms with van der Waals surface area (Å²) in [7, 11) is 1.69. The molecule has 1 aromatic rings. The third kappa shape index (κ3) is 3.40. The average molecular weight is 213 g/mol. The van der Waals surface area contributed by atoms with Crippen molar-refractivity contribution >= 4 is 11.3 Å². The maximum Gasteiger partial charge on any atom is 0.0643 e. The number of nitrogens with two attached hydrogens (primary N) is 1. The molecule has 2 N–H and O–H groups in total. The van der Waals surface area contributed by atoms with E-state index in [1.807, 2.05) is 18.3 Å². The SMILES string of the molecule is CCc1ccc(CC(C)(N)COC)s1. The molecule has 1 atom stereocenters. The van der Waals surface area contributed by atoms with Gasteiger partial charge < -0.3 is 10.5 Å². The van der Waals surface area contributed by atoms with Gasteiger partial charge in [0.05, 0.1) is 6.61 Å². The van der Waals surface area contributed by atoms with Crippen molar-refractivity contribution in [1.82, 2.24) is 0 Å². The van der Waals surface area contributed by atoms with Gasteiger partial charge in [0, 0.05) is 28.8 Å². The highest BCUT2D eigenvalue weighted by molar-refractivity contribution is 7.12. The van der Waals surface area contributed by atoms with Crippen molar-refractivity contribution in [2.45, 2.75) is 32.2 Å². The standard InChI is InChI=1S/C11H19NOS/c1-4-9-5-6-10(14-9)7-11(2,12)8-13-3/h5-6H,4,7-8,12H2,1-3H3. The summed E-state index contributed by atoms with van der Waals surface area (Å²) in [4.78, 5) is 2.78. The summed E-state index contributed by atoms with van der Waals surface area (Å²) >= 11 is 1.85. The molecule has 0 fully saturated rings. The Bertz CT molecular complexity index is 281. The van der Waals surface area contributed by atoms with Gasteiger partial charge in [-0.25, -0.2) is 0 Å². The molecule has 0 aliphatic heterocycles. The highest BCUT2D eigenvalue weighted by atomic mass is 32.1.